The van der Waals surface area contributed by atoms with E-state index in [1.165, 1.54) is 5.69 Å². The van der Waals surface area contributed by atoms with Crippen LogP contribution in [0.25, 0.3) is 0 Å². The molecule has 18 heavy (non-hydrogen) atoms. The van der Waals surface area contributed by atoms with Crippen molar-refractivity contribution in [1.29, 1.82) is 0 Å². The van der Waals surface area contributed by atoms with E-state index in [1.54, 1.807) is 6.92 Å². The van der Waals surface area contributed by atoms with Crippen molar-refractivity contribution in [3.8, 4) is 5.75 Å². The summed E-state index contributed by atoms with van der Waals surface area (Å²) in [6.07, 6.45) is -0.602. The lowest BCUT2D eigenvalue weighted by Crippen LogP contribution is -2.43. The molecule has 1 aliphatic heterocycles. The largest absolute Gasteiger partial charge is 0.481 e. The van der Waals surface area contributed by atoms with Crippen molar-refractivity contribution in [2.75, 3.05) is 31.1 Å². The van der Waals surface area contributed by atoms with Crippen LogP contribution in [0.4, 0.5) is 5.69 Å². The predicted octanol–water partition coefficient (Wildman–Crippen LogP) is 0.349. The minimum Gasteiger partial charge on any atom is -0.481 e. The molecule has 0 radical (unpaired) electrons. The number of nitrogens with one attached hydrogen (secondary N) is 1. The number of ether oxygens (including phenoxy) is 1. The molecule has 98 valence electrons. The molecular formula is C13H19N3O2. The van der Waals surface area contributed by atoms with E-state index in [9.17, 15) is 4.79 Å². The number of primary amides is 1. The van der Waals surface area contributed by atoms with Gasteiger partial charge in [0.05, 0.1) is 0 Å². The summed E-state index contributed by atoms with van der Waals surface area (Å²) in [7, 11) is 0. The highest BCUT2D eigenvalue weighted by atomic mass is 16.5. The number of piperazine rings is 1. The van der Waals surface area contributed by atoms with Crippen LogP contribution in [0.5, 0.6) is 5.75 Å². The maximum atomic E-state index is 10.9. The molecule has 1 aliphatic rings. The molecule has 5 nitrogen and oxygen atoms in total. The third-order valence-electron chi connectivity index (χ3n) is 3.03. The Bertz CT molecular complexity index is 399. The lowest BCUT2D eigenvalue weighted by molar-refractivity contribution is -0.123. The van der Waals surface area contributed by atoms with E-state index in [0.29, 0.717) is 5.75 Å². The molecule has 1 heterocycles. The molecule has 1 unspecified atom stereocenters. The fourth-order valence-corrected chi connectivity index (χ4v) is 1.92. The summed E-state index contributed by atoms with van der Waals surface area (Å²) in [5, 5.41) is 3.32. The normalized spacial score (nSPS) is 17.3. The molecule has 5 heteroatoms. The van der Waals surface area contributed by atoms with Crippen molar-refractivity contribution in [2.24, 2.45) is 5.73 Å². The number of nitrogens with zero attached hydrogens (tertiary/aromatic N) is 1. The van der Waals surface area contributed by atoms with Crippen LogP contribution in [0.2, 0.25) is 0 Å². The van der Waals surface area contributed by atoms with E-state index < -0.39 is 12.0 Å². The Balaban J connectivity index is 1.98. The highest BCUT2D eigenvalue weighted by Crippen LogP contribution is 2.20. The summed E-state index contributed by atoms with van der Waals surface area (Å²) in [6.45, 7) is 5.69. The first-order chi connectivity index (χ1) is 8.66. The number of nitrogens with two attached hydrogens (primary N) is 1. The Morgan fingerprint density at radius 2 is 1.94 bits per heavy atom. The number of hydrogen-bond acceptors (Lipinski definition) is 4. The van der Waals surface area contributed by atoms with E-state index >= 15 is 0 Å². The first-order valence-corrected chi connectivity index (χ1v) is 6.18. The Morgan fingerprint density at radius 3 is 2.50 bits per heavy atom. The van der Waals surface area contributed by atoms with Crippen LogP contribution in [-0.2, 0) is 4.79 Å². The van der Waals surface area contributed by atoms with E-state index in [2.05, 4.69) is 10.2 Å². The standard InChI is InChI=1S/C13H19N3O2/c1-10(13(14)17)18-12-4-2-11(3-5-12)16-8-6-15-7-9-16/h2-5,10,15H,6-9H2,1H3,(H2,14,17). The van der Waals surface area contributed by atoms with Crippen molar-refractivity contribution < 1.29 is 9.53 Å². The quantitative estimate of drug-likeness (QED) is 0.808. The summed E-state index contributed by atoms with van der Waals surface area (Å²) >= 11 is 0. The van der Waals surface area contributed by atoms with Crippen molar-refractivity contribution in [2.45, 2.75) is 13.0 Å². The van der Waals surface area contributed by atoms with Crippen LogP contribution < -0.4 is 20.7 Å². The van der Waals surface area contributed by atoms with Crippen molar-refractivity contribution >= 4 is 11.6 Å². The molecule has 0 bridgehead atoms. The molecule has 0 spiro atoms. The molecule has 2 rings (SSSR count). The zero-order valence-corrected chi connectivity index (χ0v) is 10.6. The van der Waals surface area contributed by atoms with Crippen LogP contribution in [0.1, 0.15) is 6.92 Å². The van der Waals surface area contributed by atoms with Gasteiger partial charge in [-0.15, -0.1) is 0 Å². The first-order valence-electron chi connectivity index (χ1n) is 6.18. The molecule has 1 amide bonds. The number of carbonyl (C=O) groups excluding carboxylic acids is 1. The van der Waals surface area contributed by atoms with E-state index in [0.717, 1.165) is 26.2 Å². The van der Waals surface area contributed by atoms with Crippen molar-refractivity contribution in [1.82, 2.24) is 5.32 Å². The third kappa shape index (κ3) is 3.13. The van der Waals surface area contributed by atoms with Crippen LogP contribution >= 0.6 is 0 Å². The van der Waals surface area contributed by atoms with Crippen molar-refractivity contribution in [3.05, 3.63) is 24.3 Å². The maximum Gasteiger partial charge on any atom is 0.258 e. The molecule has 1 aromatic rings. The van der Waals surface area contributed by atoms with Gasteiger partial charge in [0.1, 0.15) is 5.75 Å². The maximum absolute atomic E-state index is 10.9. The molecule has 1 fully saturated rings. The predicted molar refractivity (Wildman–Crippen MR) is 70.8 cm³/mol. The van der Waals surface area contributed by atoms with Crippen molar-refractivity contribution in [3.63, 3.8) is 0 Å². The summed E-state index contributed by atoms with van der Waals surface area (Å²) < 4.78 is 5.41. The molecule has 3 N–H and O–H groups in total. The molecule has 1 aromatic carbocycles. The zero-order chi connectivity index (χ0) is 13.0. The SMILES string of the molecule is CC(Oc1ccc(N2CCNCC2)cc1)C(N)=O. The van der Waals surface area contributed by atoms with Gasteiger partial charge in [0.25, 0.3) is 5.91 Å². The molecule has 0 aliphatic carbocycles. The molecule has 0 saturated carbocycles. The fraction of sp³-hybridized carbons (Fsp3) is 0.462. The Labute approximate surface area is 107 Å². The Morgan fingerprint density at radius 1 is 1.33 bits per heavy atom. The van der Waals surface area contributed by atoms with Gasteiger partial charge in [-0.3, -0.25) is 4.79 Å². The second-order valence-corrected chi connectivity index (χ2v) is 4.39. The topological polar surface area (TPSA) is 67.6 Å². The highest BCUT2D eigenvalue weighted by molar-refractivity contribution is 5.78. The minimum absolute atomic E-state index is 0.457. The summed E-state index contributed by atoms with van der Waals surface area (Å²) in [6, 6.07) is 7.76. The van der Waals surface area contributed by atoms with Gasteiger partial charge >= 0.3 is 0 Å². The van der Waals surface area contributed by atoms with E-state index in [1.807, 2.05) is 24.3 Å². The van der Waals surface area contributed by atoms with Crippen LogP contribution in [0.15, 0.2) is 24.3 Å². The van der Waals surface area contributed by atoms with Gasteiger partial charge in [0.2, 0.25) is 0 Å². The second kappa shape index (κ2) is 5.73. The van der Waals surface area contributed by atoms with E-state index in [4.69, 9.17) is 10.5 Å². The lowest BCUT2D eigenvalue weighted by atomic mass is 10.2. The number of benzene rings is 1. The Hall–Kier alpha value is -1.75. The van der Waals surface area contributed by atoms with Crippen LogP contribution in [0.3, 0.4) is 0 Å². The van der Waals surface area contributed by atoms with Gasteiger partial charge in [-0.05, 0) is 31.2 Å². The third-order valence-corrected chi connectivity index (χ3v) is 3.03. The number of hydrogen-bond donors (Lipinski definition) is 2. The second-order valence-electron chi connectivity index (χ2n) is 4.39. The van der Waals surface area contributed by atoms with Crippen LogP contribution in [-0.4, -0.2) is 38.2 Å². The Kier molecular flexibility index (Phi) is 4.04. The fourth-order valence-electron chi connectivity index (χ4n) is 1.92. The minimum atomic E-state index is -0.602. The van der Waals surface area contributed by atoms with Gasteiger partial charge in [0, 0.05) is 31.9 Å². The summed E-state index contributed by atoms with van der Waals surface area (Å²) in [5.74, 6) is 0.210. The van der Waals surface area contributed by atoms with Gasteiger partial charge in [0.15, 0.2) is 6.10 Å². The number of amides is 1. The van der Waals surface area contributed by atoms with Gasteiger partial charge in [-0.1, -0.05) is 0 Å². The van der Waals surface area contributed by atoms with Gasteiger partial charge in [-0.25, -0.2) is 0 Å². The number of carbonyl (C=O) groups is 1. The summed E-state index contributed by atoms with van der Waals surface area (Å²) in [5.41, 5.74) is 6.33. The zero-order valence-electron chi connectivity index (χ0n) is 10.6. The van der Waals surface area contributed by atoms with Gasteiger partial charge in [-0.2, -0.15) is 0 Å². The average Bonchev–Trinajstić information content (AvgIpc) is 2.40. The average molecular weight is 249 g/mol. The monoisotopic (exact) mass is 249 g/mol. The number of rotatable bonds is 4. The van der Waals surface area contributed by atoms with E-state index in [-0.39, 0.29) is 0 Å². The lowest BCUT2D eigenvalue weighted by Gasteiger charge is -2.29. The first kappa shape index (κ1) is 12.7. The molecule has 1 saturated heterocycles. The highest BCUT2D eigenvalue weighted by Gasteiger charge is 2.12. The molecule has 0 aromatic heterocycles. The van der Waals surface area contributed by atoms with Crippen LogP contribution in [0, 0.1) is 0 Å². The molecular weight excluding hydrogens is 230 g/mol. The summed E-state index contributed by atoms with van der Waals surface area (Å²) in [4.78, 5) is 13.2. The molecule has 1 atom stereocenters. The number of anilines is 1. The van der Waals surface area contributed by atoms with Gasteiger partial charge < -0.3 is 20.7 Å². The smallest absolute Gasteiger partial charge is 0.258 e.